The fourth-order valence-electron chi connectivity index (χ4n) is 7.11. The number of ether oxygens (including phenoxy) is 2. The summed E-state index contributed by atoms with van der Waals surface area (Å²) < 4.78 is 52.8. The third-order valence-corrected chi connectivity index (χ3v) is 9.08. The minimum absolute atomic E-state index is 0.0158. The van der Waals surface area contributed by atoms with Gasteiger partial charge in [-0.3, -0.25) is 4.79 Å². The number of aromatic nitrogens is 1. The van der Waals surface area contributed by atoms with Crippen molar-refractivity contribution in [3.05, 3.63) is 93.7 Å². The molecule has 2 fully saturated rings. The molecule has 0 aliphatic heterocycles. The summed E-state index contributed by atoms with van der Waals surface area (Å²) in [4.78, 5) is 16.6. The van der Waals surface area contributed by atoms with Crippen LogP contribution in [0.4, 0.5) is 13.2 Å². The van der Waals surface area contributed by atoms with Gasteiger partial charge in [-0.05, 0) is 83.4 Å². The third kappa shape index (κ3) is 3.73. The molecule has 1 aromatic heterocycles. The Morgan fingerprint density at radius 3 is 2.66 bits per heavy atom. The van der Waals surface area contributed by atoms with Crippen LogP contribution in [0.15, 0.2) is 54.7 Å². The van der Waals surface area contributed by atoms with Gasteiger partial charge >= 0.3 is 12.1 Å². The molecule has 0 N–H and O–H groups in total. The van der Waals surface area contributed by atoms with E-state index in [4.69, 9.17) is 9.47 Å². The second-order valence-corrected chi connectivity index (χ2v) is 11.2. The smallest absolute Gasteiger partial charge is 0.416 e. The van der Waals surface area contributed by atoms with Gasteiger partial charge < -0.3 is 9.47 Å². The number of hydrogen-bond donors (Lipinski definition) is 0. The molecule has 4 aliphatic carbocycles. The molecule has 7 heteroatoms. The molecule has 1 spiro atoms. The summed E-state index contributed by atoms with van der Waals surface area (Å²) >= 11 is 0. The maximum atomic E-state index is 13.8. The van der Waals surface area contributed by atoms with Gasteiger partial charge in [0.25, 0.3) is 0 Å². The van der Waals surface area contributed by atoms with Crippen LogP contribution in [-0.2, 0) is 34.2 Å². The SMILES string of the molecule is CCOC(=O)[C@H]1[C@@H]2Cc3cc(OCc4ccc5c(c4)C(c4ccccc4C(F)(F)F)CC54CC4)ncc3[C@@H]21. The number of carbonyl (C=O) groups excluding carboxylic acids is 1. The summed E-state index contributed by atoms with van der Waals surface area (Å²) in [6, 6.07) is 14.1. The molecular formula is C31H28F3NO3. The number of halogens is 3. The standard InChI is InChI=1S/C31H28F3NO3/c1-2-37-29(36)28-21-12-18-13-26(35-15-23(18)27(21)28)38-16-17-7-8-24-20(11-17)22(14-30(24)9-10-30)19-5-3-4-6-25(19)31(32,33)34/h3-8,11,13,15,21-22,27-28H,2,9-10,12,14,16H2,1H3/t21-,22?,27-,28+/m1/s1. The second-order valence-electron chi connectivity index (χ2n) is 11.2. The van der Waals surface area contributed by atoms with Crippen molar-refractivity contribution >= 4 is 5.97 Å². The number of nitrogens with zero attached hydrogens (tertiary/aromatic N) is 1. The molecule has 4 nitrogen and oxygen atoms in total. The van der Waals surface area contributed by atoms with E-state index in [-0.39, 0.29) is 35.7 Å². The molecule has 7 rings (SSSR count). The molecule has 2 saturated carbocycles. The lowest BCUT2D eigenvalue weighted by Gasteiger charge is -2.19. The fourth-order valence-corrected chi connectivity index (χ4v) is 7.11. The predicted molar refractivity (Wildman–Crippen MR) is 134 cm³/mol. The molecule has 3 aromatic rings. The van der Waals surface area contributed by atoms with E-state index >= 15 is 0 Å². The van der Waals surface area contributed by atoms with E-state index in [1.807, 2.05) is 31.3 Å². The van der Waals surface area contributed by atoms with Gasteiger partial charge in [0.05, 0.1) is 18.1 Å². The van der Waals surface area contributed by atoms with Crippen LogP contribution < -0.4 is 4.74 Å². The van der Waals surface area contributed by atoms with E-state index in [1.165, 1.54) is 23.3 Å². The molecule has 2 aromatic carbocycles. The number of carbonyl (C=O) groups is 1. The summed E-state index contributed by atoms with van der Waals surface area (Å²) in [7, 11) is 0. The van der Waals surface area contributed by atoms with Crippen molar-refractivity contribution in [1.29, 1.82) is 0 Å². The number of alkyl halides is 3. The Morgan fingerprint density at radius 1 is 1.08 bits per heavy atom. The van der Waals surface area contributed by atoms with E-state index in [9.17, 15) is 18.0 Å². The van der Waals surface area contributed by atoms with Crippen molar-refractivity contribution in [1.82, 2.24) is 4.98 Å². The molecule has 196 valence electrons. The van der Waals surface area contributed by atoms with Crippen molar-refractivity contribution in [3.8, 4) is 5.88 Å². The molecule has 0 saturated heterocycles. The van der Waals surface area contributed by atoms with Crippen LogP contribution >= 0.6 is 0 Å². The fraction of sp³-hybridized carbons (Fsp3) is 0.419. The number of esters is 1. The number of benzene rings is 2. The lowest BCUT2D eigenvalue weighted by atomic mass is 9.88. The first-order valence-corrected chi connectivity index (χ1v) is 13.4. The molecule has 1 heterocycles. The lowest BCUT2D eigenvalue weighted by Crippen LogP contribution is -2.12. The van der Waals surface area contributed by atoms with E-state index in [2.05, 4.69) is 11.1 Å². The van der Waals surface area contributed by atoms with Crippen molar-refractivity contribution in [2.45, 2.75) is 62.6 Å². The van der Waals surface area contributed by atoms with Crippen LogP contribution in [0.2, 0.25) is 0 Å². The monoisotopic (exact) mass is 519 g/mol. The van der Waals surface area contributed by atoms with Gasteiger partial charge in [-0.15, -0.1) is 0 Å². The number of fused-ring (bicyclic) bond motifs is 5. The summed E-state index contributed by atoms with van der Waals surface area (Å²) in [5.41, 5.74) is 5.22. The Labute approximate surface area is 219 Å². The highest BCUT2D eigenvalue weighted by molar-refractivity contribution is 5.79. The first kappa shape index (κ1) is 23.7. The highest BCUT2D eigenvalue weighted by Crippen LogP contribution is 2.63. The summed E-state index contributed by atoms with van der Waals surface area (Å²) in [5.74, 6) is 0.581. The van der Waals surface area contributed by atoms with Gasteiger partial charge in [0.15, 0.2) is 0 Å². The van der Waals surface area contributed by atoms with Gasteiger partial charge in [-0.2, -0.15) is 13.2 Å². The zero-order chi connectivity index (χ0) is 26.2. The first-order valence-electron chi connectivity index (χ1n) is 13.4. The zero-order valence-electron chi connectivity index (χ0n) is 21.1. The Balaban J connectivity index is 1.11. The third-order valence-electron chi connectivity index (χ3n) is 9.08. The van der Waals surface area contributed by atoms with Gasteiger partial charge in [-0.25, -0.2) is 4.98 Å². The Kier molecular flexibility index (Phi) is 5.20. The molecule has 4 atom stereocenters. The zero-order valence-corrected chi connectivity index (χ0v) is 21.1. The highest BCUT2D eigenvalue weighted by Gasteiger charge is 2.60. The second kappa shape index (κ2) is 8.32. The Morgan fingerprint density at radius 2 is 1.89 bits per heavy atom. The van der Waals surface area contributed by atoms with Gasteiger partial charge in [0.1, 0.15) is 6.61 Å². The number of hydrogen-bond acceptors (Lipinski definition) is 4. The average molecular weight is 520 g/mol. The lowest BCUT2D eigenvalue weighted by molar-refractivity contribution is -0.145. The quantitative estimate of drug-likeness (QED) is 0.340. The Hall–Kier alpha value is -3.35. The molecule has 0 bridgehead atoms. The predicted octanol–water partition coefficient (Wildman–Crippen LogP) is 6.70. The largest absolute Gasteiger partial charge is 0.473 e. The highest BCUT2D eigenvalue weighted by atomic mass is 19.4. The van der Waals surface area contributed by atoms with Crippen molar-refractivity contribution in [2.75, 3.05) is 6.61 Å². The van der Waals surface area contributed by atoms with Crippen molar-refractivity contribution < 1.29 is 27.4 Å². The van der Waals surface area contributed by atoms with Crippen molar-refractivity contribution in [3.63, 3.8) is 0 Å². The van der Waals surface area contributed by atoms with Crippen LogP contribution in [0.3, 0.4) is 0 Å². The normalized spacial score (nSPS) is 25.5. The summed E-state index contributed by atoms with van der Waals surface area (Å²) in [6.07, 6.45) is 1.03. The van der Waals surface area contributed by atoms with E-state index in [0.717, 1.165) is 42.4 Å². The first-order chi connectivity index (χ1) is 18.3. The number of pyridine rings is 1. The topological polar surface area (TPSA) is 48.4 Å². The molecular weight excluding hydrogens is 491 g/mol. The molecule has 0 radical (unpaired) electrons. The van der Waals surface area contributed by atoms with E-state index in [1.54, 1.807) is 12.1 Å². The van der Waals surface area contributed by atoms with Crippen LogP contribution in [0.1, 0.15) is 77.0 Å². The maximum absolute atomic E-state index is 13.8. The Bertz CT molecular complexity index is 1440. The average Bonchev–Trinajstić information content (AvgIpc) is 3.77. The van der Waals surface area contributed by atoms with Crippen LogP contribution in [0, 0.1) is 11.8 Å². The molecule has 1 unspecified atom stereocenters. The molecule has 0 amide bonds. The van der Waals surface area contributed by atoms with E-state index in [0.29, 0.717) is 24.0 Å². The maximum Gasteiger partial charge on any atom is 0.416 e. The van der Waals surface area contributed by atoms with E-state index < -0.39 is 11.7 Å². The number of rotatable bonds is 6. The van der Waals surface area contributed by atoms with Crippen LogP contribution in [-0.4, -0.2) is 17.6 Å². The minimum Gasteiger partial charge on any atom is -0.473 e. The van der Waals surface area contributed by atoms with Gasteiger partial charge in [0, 0.05) is 24.1 Å². The van der Waals surface area contributed by atoms with Crippen LogP contribution in [0.5, 0.6) is 5.88 Å². The van der Waals surface area contributed by atoms with Crippen molar-refractivity contribution in [2.24, 2.45) is 11.8 Å². The summed E-state index contributed by atoms with van der Waals surface area (Å²) in [5, 5.41) is 0. The minimum atomic E-state index is -4.38. The summed E-state index contributed by atoms with van der Waals surface area (Å²) in [6.45, 7) is 2.51. The van der Waals surface area contributed by atoms with Crippen LogP contribution in [0.25, 0.3) is 0 Å². The molecule has 4 aliphatic rings. The molecule has 38 heavy (non-hydrogen) atoms. The van der Waals surface area contributed by atoms with Gasteiger partial charge in [-0.1, -0.05) is 36.4 Å². The van der Waals surface area contributed by atoms with Gasteiger partial charge in [0.2, 0.25) is 5.88 Å².